The van der Waals surface area contributed by atoms with Gasteiger partial charge in [-0.3, -0.25) is 9.67 Å². The summed E-state index contributed by atoms with van der Waals surface area (Å²) in [6.07, 6.45) is 4.20. The van der Waals surface area contributed by atoms with Gasteiger partial charge >= 0.3 is 0 Å². The highest BCUT2D eigenvalue weighted by Gasteiger charge is 2.22. The van der Waals surface area contributed by atoms with Crippen LogP contribution in [-0.2, 0) is 10.3 Å². The number of halogens is 1. The first-order valence-electron chi connectivity index (χ1n) is 4.65. The van der Waals surface area contributed by atoms with Gasteiger partial charge < -0.3 is 4.79 Å². The molecule has 0 atom stereocenters. The first-order valence-corrected chi connectivity index (χ1v) is 5.91. The van der Waals surface area contributed by atoms with Gasteiger partial charge in [0, 0.05) is 12.4 Å². The summed E-state index contributed by atoms with van der Waals surface area (Å²) in [7, 11) is 0. The minimum absolute atomic E-state index is 0.527. The molecular formula is C10H10ClN3OS. The molecule has 84 valence electrons. The van der Waals surface area contributed by atoms with Crippen LogP contribution in [0.3, 0.4) is 0 Å². The van der Waals surface area contributed by atoms with Crippen molar-refractivity contribution < 1.29 is 4.79 Å². The monoisotopic (exact) mass is 255 g/mol. The third-order valence-electron chi connectivity index (χ3n) is 2.21. The molecule has 0 spiro atoms. The second-order valence-electron chi connectivity index (χ2n) is 3.91. The molecule has 0 amide bonds. The maximum Gasteiger partial charge on any atom is 0.147 e. The summed E-state index contributed by atoms with van der Waals surface area (Å²) in [4.78, 5) is 15.8. The van der Waals surface area contributed by atoms with Crippen molar-refractivity contribution in [3.8, 4) is 10.6 Å². The van der Waals surface area contributed by atoms with Crippen molar-refractivity contribution in [1.29, 1.82) is 0 Å². The Morgan fingerprint density at radius 2 is 2.31 bits per heavy atom. The Kier molecular flexibility index (Phi) is 2.82. The number of rotatable bonds is 3. The van der Waals surface area contributed by atoms with E-state index in [0.717, 1.165) is 11.2 Å². The average Bonchev–Trinajstić information content (AvgIpc) is 2.86. The van der Waals surface area contributed by atoms with Crippen LogP contribution < -0.4 is 0 Å². The fourth-order valence-electron chi connectivity index (χ4n) is 1.20. The van der Waals surface area contributed by atoms with Gasteiger partial charge in [-0.25, -0.2) is 0 Å². The molecule has 0 radical (unpaired) electrons. The van der Waals surface area contributed by atoms with Crippen LogP contribution in [0.15, 0.2) is 17.9 Å². The van der Waals surface area contributed by atoms with E-state index in [0.29, 0.717) is 10.7 Å². The summed E-state index contributed by atoms with van der Waals surface area (Å²) >= 11 is 7.54. The van der Waals surface area contributed by atoms with E-state index in [1.54, 1.807) is 36.4 Å². The van der Waals surface area contributed by atoms with Crippen molar-refractivity contribution in [3.63, 3.8) is 0 Å². The molecule has 4 nitrogen and oxygen atoms in total. The van der Waals surface area contributed by atoms with Crippen LogP contribution in [-0.4, -0.2) is 21.1 Å². The number of hydrogen-bond acceptors (Lipinski definition) is 4. The standard InChI is InChI=1S/C10H10ClN3OS/c1-10(2,5-15)14-4-7(11)9(13-14)8-3-12-6-16-8/h3-6H,1-2H3. The largest absolute Gasteiger partial charge is 0.301 e. The van der Waals surface area contributed by atoms with E-state index in [1.165, 1.54) is 11.3 Å². The molecule has 16 heavy (non-hydrogen) atoms. The molecule has 6 heteroatoms. The highest BCUT2D eigenvalue weighted by molar-refractivity contribution is 7.13. The van der Waals surface area contributed by atoms with Crippen LogP contribution >= 0.6 is 22.9 Å². The van der Waals surface area contributed by atoms with Crippen molar-refractivity contribution in [2.75, 3.05) is 0 Å². The van der Waals surface area contributed by atoms with Gasteiger partial charge in [-0.15, -0.1) is 11.3 Å². The van der Waals surface area contributed by atoms with Crippen LogP contribution in [0, 0.1) is 0 Å². The summed E-state index contributed by atoms with van der Waals surface area (Å²) in [6.45, 7) is 3.56. The van der Waals surface area contributed by atoms with Crippen molar-refractivity contribution in [1.82, 2.24) is 14.8 Å². The Morgan fingerprint density at radius 3 is 2.88 bits per heavy atom. The van der Waals surface area contributed by atoms with Crippen LogP contribution in [0.25, 0.3) is 10.6 Å². The molecule has 0 N–H and O–H groups in total. The van der Waals surface area contributed by atoms with E-state index in [2.05, 4.69) is 10.1 Å². The van der Waals surface area contributed by atoms with Crippen molar-refractivity contribution in [2.45, 2.75) is 19.4 Å². The maximum atomic E-state index is 10.9. The summed E-state index contributed by atoms with van der Waals surface area (Å²) in [5.74, 6) is 0. The fourth-order valence-corrected chi connectivity index (χ4v) is 2.11. The Labute approximate surface area is 102 Å². The number of carbonyl (C=O) groups is 1. The number of aromatic nitrogens is 3. The third kappa shape index (κ3) is 1.88. The molecule has 2 aromatic heterocycles. The van der Waals surface area contributed by atoms with E-state index >= 15 is 0 Å². The van der Waals surface area contributed by atoms with Gasteiger partial charge in [0.1, 0.15) is 17.5 Å². The summed E-state index contributed by atoms with van der Waals surface area (Å²) in [5, 5.41) is 4.85. The van der Waals surface area contributed by atoms with E-state index < -0.39 is 5.54 Å². The second-order valence-corrected chi connectivity index (χ2v) is 5.20. The second kappa shape index (κ2) is 3.99. The zero-order valence-electron chi connectivity index (χ0n) is 8.85. The normalized spacial score (nSPS) is 11.7. The lowest BCUT2D eigenvalue weighted by Crippen LogP contribution is -2.28. The molecule has 0 saturated heterocycles. The topological polar surface area (TPSA) is 47.8 Å². The van der Waals surface area contributed by atoms with Crippen LogP contribution in [0.2, 0.25) is 5.02 Å². The van der Waals surface area contributed by atoms with Crippen molar-refractivity contribution in [3.05, 3.63) is 22.9 Å². The molecule has 0 fully saturated rings. The van der Waals surface area contributed by atoms with Gasteiger partial charge in [0.25, 0.3) is 0 Å². The molecule has 0 aliphatic rings. The van der Waals surface area contributed by atoms with Gasteiger partial charge in [-0.2, -0.15) is 5.10 Å². The van der Waals surface area contributed by atoms with Gasteiger partial charge in [0.05, 0.1) is 15.4 Å². The lowest BCUT2D eigenvalue weighted by Gasteiger charge is -2.16. The molecule has 0 aromatic carbocycles. The summed E-state index contributed by atoms with van der Waals surface area (Å²) in [6, 6.07) is 0. The molecule has 0 aliphatic carbocycles. The van der Waals surface area contributed by atoms with Crippen LogP contribution in [0.4, 0.5) is 0 Å². The lowest BCUT2D eigenvalue weighted by atomic mass is 10.1. The van der Waals surface area contributed by atoms with E-state index in [-0.39, 0.29) is 0 Å². The van der Waals surface area contributed by atoms with Crippen molar-refractivity contribution >= 4 is 29.2 Å². The number of nitrogens with zero attached hydrogens (tertiary/aromatic N) is 3. The quantitative estimate of drug-likeness (QED) is 0.792. The number of hydrogen-bond donors (Lipinski definition) is 0. The van der Waals surface area contributed by atoms with Gasteiger partial charge in [-0.1, -0.05) is 11.6 Å². The fraction of sp³-hybridized carbons (Fsp3) is 0.300. The zero-order chi connectivity index (χ0) is 11.8. The Hall–Kier alpha value is -1.20. The summed E-state index contributed by atoms with van der Waals surface area (Å²) in [5.41, 5.74) is 1.70. The molecular weight excluding hydrogens is 246 g/mol. The first kappa shape index (κ1) is 11.3. The highest BCUT2D eigenvalue weighted by atomic mass is 35.5. The Balaban J connectivity index is 2.48. The van der Waals surface area contributed by atoms with E-state index in [1.807, 2.05) is 0 Å². The first-order chi connectivity index (χ1) is 7.54. The zero-order valence-corrected chi connectivity index (χ0v) is 10.4. The molecule has 0 bridgehead atoms. The predicted molar refractivity (Wildman–Crippen MR) is 63.7 cm³/mol. The number of thiazole rings is 1. The smallest absolute Gasteiger partial charge is 0.147 e. The maximum absolute atomic E-state index is 10.9. The molecule has 0 saturated carbocycles. The lowest BCUT2D eigenvalue weighted by molar-refractivity contribution is -0.114. The average molecular weight is 256 g/mol. The van der Waals surface area contributed by atoms with E-state index in [9.17, 15) is 4.79 Å². The van der Waals surface area contributed by atoms with Crippen molar-refractivity contribution in [2.24, 2.45) is 0 Å². The molecule has 2 aromatic rings. The minimum Gasteiger partial charge on any atom is -0.301 e. The van der Waals surface area contributed by atoms with Gasteiger partial charge in [0.2, 0.25) is 0 Å². The predicted octanol–water partition coefficient (Wildman–Crippen LogP) is 2.59. The summed E-state index contributed by atoms with van der Waals surface area (Å²) < 4.78 is 1.57. The van der Waals surface area contributed by atoms with Crippen LogP contribution in [0.1, 0.15) is 13.8 Å². The Morgan fingerprint density at radius 1 is 1.56 bits per heavy atom. The molecule has 0 aliphatic heterocycles. The third-order valence-corrected chi connectivity index (χ3v) is 3.27. The molecule has 2 rings (SSSR count). The number of carbonyl (C=O) groups excluding carboxylic acids is 1. The van der Waals surface area contributed by atoms with Gasteiger partial charge in [-0.05, 0) is 13.8 Å². The van der Waals surface area contributed by atoms with Gasteiger partial charge in [0.15, 0.2) is 0 Å². The number of aldehydes is 1. The van der Waals surface area contributed by atoms with E-state index in [4.69, 9.17) is 11.6 Å². The Bertz CT molecular complexity index is 504. The highest BCUT2D eigenvalue weighted by Crippen LogP contribution is 2.30. The minimum atomic E-state index is -0.688. The SMILES string of the molecule is CC(C)(C=O)n1cc(Cl)c(-c2cncs2)n1. The van der Waals surface area contributed by atoms with Crippen LogP contribution in [0.5, 0.6) is 0 Å². The molecule has 0 unspecified atom stereocenters. The molecule has 2 heterocycles.